The number of aliphatic hydroxyl groups is 1. The van der Waals surface area contributed by atoms with Crippen molar-refractivity contribution in [3.05, 3.63) is 0 Å². The van der Waals surface area contributed by atoms with E-state index < -0.39 is 12.1 Å². The maximum atomic E-state index is 11.2. The van der Waals surface area contributed by atoms with Crippen LogP contribution in [0.15, 0.2) is 0 Å². The highest BCUT2D eigenvalue weighted by Gasteiger charge is 2.10. The highest BCUT2D eigenvalue weighted by molar-refractivity contribution is 5.94. The average Bonchev–Trinajstić information content (AvgIpc) is 2.26. The maximum absolute atomic E-state index is 11.2. The van der Waals surface area contributed by atoms with Crippen LogP contribution in [-0.2, 0) is 9.53 Å². The highest BCUT2D eigenvalue weighted by Crippen LogP contribution is 1.92. The van der Waals surface area contributed by atoms with Crippen molar-refractivity contribution >= 4 is 11.9 Å². The lowest BCUT2D eigenvalue weighted by Crippen LogP contribution is -2.39. The van der Waals surface area contributed by atoms with E-state index in [-0.39, 0.29) is 18.9 Å². The molecule has 1 unspecified atom stereocenters. The zero-order valence-corrected chi connectivity index (χ0v) is 10.5. The Labute approximate surface area is 101 Å². The van der Waals surface area contributed by atoms with E-state index in [1.54, 1.807) is 11.9 Å². The fourth-order valence-corrected chi connectivity index (χ4v) is 1.24. The summed E-state index contributed by atoms with van der Waals surface area (Å²) >= 11 is 0. The molecule has 0 spiro atoms. The molecule has 0 bridgehead atoms. The first-order valence-electron chi connectivity index (χ1n) is 5.36. The minimum atomic E-state index is -0.577. The minimum absolute atomic E-state index is 0.198. The Bertz CT molecular complexity index is 248. The second-order valence-electron chi connectivity index (χ2n) is 3.75. The van der Waals surface area contributed by atoms with Crippen LogP contribution >= 0.6 is 0 Å². The summed E-state index contributed by atoms with van der Waals surface area (Å²) < 4.78 is 4.79. The standard InChI is InChI=1S/C10H21N3O4/c1-11-10(16)12-9(15)4-5-13(2)6-8(14)7-17-3/h8,14H,4-7H2,1-3H3,(H2,11,12,15,16). The SMILES string of the molecule is CNC(=O)NC(=O)CCN(C)CC(O)COC. The van der Waals surface area contributed by atoms with Crippen molar-refractivity contribution in [1.29, 1.82) is 0 Å². The Morgan fingerprint density at radius 2 is 2.12 bits per heavy atom. The van der Waals surface area contributed by atoms with Crippen LogP contribution in [-0.4, -0.2) is 69.0 Å². The molecule has 7 heteroatoms. The molecule has 0 rings (SSSR count). The van der Waals surface area contributed by atoms with Crippen molar-refractivity contribution in [2.75, 3.05) is 40.9 Å². The van der Waals surface area contributed by atoms with Gasteiger partial charge in [-0.2, -0.15) is 0 Å². The third-order valence-electron chi connectivity index (χ3n) is 2.08. The van der Waals surface area contributed by atoms with Gasteiger partial charge < -0.3 is 20.1 Å². The van der Waals surface area contributed by atoms with E-state index in [1.807, 2.05) is 0 Å². The van der Waals surface area contributed by atoms with Gasteiger partial charge in [-0.1, -0.05) is 0 Å². The fourth-order valence-electron chi connectivity index (χ4n) is 1.24. The van der Waals surface area contributed by atoms with Gasteiger partial charge in [0.15, 0.2) is 0 Å². The Hall–Kier alpha value is -1.18. The third-order valence-corrected chi connectivity index (χ3v) is 2.08. The molecule has 100 valence electrons. The lowest BCUT2D eigenvalue weighted by molar-refractivity contribution is -0.120. The Morgan fingerprint density at radius 3 is 2.65 bits per heavy atom. The number of carbonyl (C=O) groups excluding carboxylic acids is 2. The van der Waals surface area contributed by atoms with Crippen LogP contribution in [0.3, 0.4) is 0 Å². The van der Waals surface area contributed by atoms with Gasteiger partial charge in [0.1, 0.15) is 0 Å². The number of ether oxygens (including phenoxy) is 1. The summed E-state index contributed by atoms with van der Waals surface area (Å²) in [5, 5.41) is 13.9. The number of rotatable bonds is 7. The van der Waals surface area contributed by atoms with Crippen LogP contribution in [0.1, 0.15) is 6.42 Å². The van der Waals surface area contributed by atoms with E-state index in [2.05, 4.69) is 10.6 Å². The van der Waals surface area contributed by atoms with E-state index in [0.717, 1.165) is 0 Å². The summed E-state index contributed by atoms with van der Waals surface area (Å²) in [6.07, 6.45) is -0.379. The number of urea groups is 1. The van der Waals surface area contributed by atoms with Gasteiger partial charge in [-0.25, -0.2) is 4.79 Å². The molecule has 0 aliphatic rings. The summed E-state index contributed by atoms with van der Waals surface area (Å²) in [5.74, 6) is -0.350. The maximum Gasteiger partial charge on any atom is 0.321 e. The van der Waals surface area contributed by atoms with E-state index >= 15 is 0 Å². The number of aliphatic hydroxyl groups excluding tert-OH is 1. The smallest absolute Gasteiger partial charge is 0.321 e. The normalized spacial score (nSPS) is 12.3. The first kappa shape index (κ1) is 15.8. The van der Waals surface area contributed by atoms with Gasteiger partial charge in [0.25, 0.3) is 0 Å². The second-order valence-corrected chi connectivity index (χ2v) is 3.75. The summed E-state index contributed by atoms with van der Waals surface area (Å²) in [5.41, 5.74) is 0. The lowest BCUT2D eigenvalue weighted by atomic mass is 10.3. The van der Waals surface area contributed by atoms with Crippen LogP contribution in [0, 0.1) is 0 Å². The first-order chi connectivity index (χ1) is 7.99. The van der Waals surface area contributed by atoms with Crippen LogP contribution in [0.4, 0.5) is 4.79 Å². The van der Waals surface area contributed by atoms with Crippen molar-refractivity contribution < 1.29 is 19.4 Å². The number of amides is 3. The van der Waals surface area contributed by atoms with Gasteiger partial charge in [0.05, 0.1) is 12.7 Å². The molecule has 7 nitrogen and oxygen atoms in total. The number of imide groups is 1. The zero-order chi connectivity index (χ0) is 13.3. The van der Waals surface area contributed by atoms with Crippen molar-refractivity contribution in [3.8, 4) is 0 Å². The molecule has 0 aliphatic heterocycles. The number of methoxy groups -OCH3 is 1. The molecule has 1 atom stereocenters. The third kappa shape index (κ3) is 8.61. The van der Waals surface area contributed by atoms with Gasteiger partial charge in [-0.3, -0.25) is 10.1 Å². The summed E-state index contributed by atoms with van der Waals surface area (Å²) in [6.45, 7) is 1.14. The predicted octanol–water partition coefficient (Wildman–Crippen LogP) is -1.23. The highest BCUT2D eigenvalue weighted by atomic mass is 16.5. The molecule has 0 radical (unpaired) electrons. The van der Waals surface area contributed by atoms with Gasteiger partial charge in [-0.05, 0) is 7.05 Å². The van der Waals surface area contributed by atoms with Crippen molar-refractivity contribution in [1.82, 2.24) is 15.5 Å². The van der Waals surface area contributed by atoms with E-state index in [9.17, 15) is 14.7 Å². The van der Waals surface area contributed by atoms with Crippen LogP contribution in [0.2, 0.25) is 0 Å². The predicted molar refractivity (Wildman–Crippen MR) is 62.6 cm³/mol. The Kier molecular flexibility index (Phi) is 8.29. The van der Waals surface area contributed by atoms with E-state index in [0.29, 0.717) is 13.1 Å². The molecule has 0 saturated carbocycles. The van der Waals surface area contributed by atoms with Crippen LogP contribution in [0.25, 0.3) is 0 Å². The summed E-state index contributed by atoms with van der Waals surface area (Å²) in [6, 6.07) is -0.517. The monoisotopic (exact) mass is 247 g/mol. The molecule has 0 fully saturated rings. The summed E-state index contributed by atoms with van der Waals surface area (Å²) in [7, 11) is 4.74. The fraction of sp³-hybridized carbons (Fsp3) is 0.800. The minimum Gasteiger partial charge on any atom is -0.389 e. The number of nitrogens with zero attached hydrogens (tertiary/aromatic N) is 1. The second kappa shape index (κ2) is 8.91. The number of carbonyl (C=O) groups is 2. The molecule has 0 heterocycles. The molecule has 17 heavy (non-hydrogen) atoms. The number of hydrogen-bond donors (Lipinski definition) is 3. The molecule has 0 aromatic heterocycles. The van der Waals surface area contributed by atoms with Crippen LogP contribution in [0.5, 0.6) is 0 Å². The molecular formula is C10H21N3O4. The lowest BCUT2D eigenvalue weighted by Gasteiger charge is -2.19. The number of likely N-dealkylation sites (N-methyl/N-ethyl adjacent to an activating group) is 1. The van der Waals surface area contributed by atoms with Gasteiger partial charge in [0, 0.05) is 33.7 Å². The molecule has 3 N–H and O–H groups in total. The van der Waals surface area contributed by atoms with Gasteiger partial charge >= 0.3 is 6.03 Å². The van der Waals surface area contributed by atoms with E-state index in [1.165, 1.54) is 14.2 Å². The number of hydrogen-bond acceptors (Lipinski definition) is 5. The van der Waals surface area contributed by atoms with Crippen LogP contribution < -0.4 is 10.6 Å². The average molecular weight is 247 g/mol. The van der Waals surface area contributed by atoms with E-state index in [4.69, 9.17) is 4.74 Å². The molecule has 0 saturated heterocycles. The molecule has 0 aromatic rings. The van der Waals surface area contributed by atoms with Crippen molar-refractivity contribution in [2.24, 2.45) is 0 Å². The molecular weight excluding hydrogens is 226 g/mol. The molecule has 3 amide bonds. The van der Waals surface area contributed by atoms with Gasteiger partial charge in [0.2, 0.25) is 5.91 Å². The topological polar surface area (TPSA) is 90.9 Å². The Morgan fingerprint density at radius 1 is 1.47 bits per heavy atom. The quantitative estimate of drug-likeness (QED) is 0.524. The number of nitrogens with one attached hydrogen (secondary N) is 2. The summed E-state index contributed by atoms with van der Waals surface area (Å²) in [4.78, 5) is 23.9. The first-order valence-corrected chi connectivity index (χ1v) is 5.36. The van der Waals surface area contributed by atoms with Crippen molar-refractivity contribution in [3.63, 3.8) is 0 Å². The Balaban J connectivity index is 3.72. The largest absolute Gasteiger partial charge is 0.389 e. The van der Waals surface area contributed by atoms with Gasteiger partial charge in [-0.15, -0.1) is 0 Å². The molecule has 0 aliphatic carbocycles. The van der Waals surface area contributed by atoms with Crippen molar-refractivity contribution in [2.45, 2.75) is 12.5 Å². The zero-order valence-electron chi connectivity index (χ0n) is 10.5. The molecule has 0 aromatic carbocycles.